The van der Waals surface area contributed by atoms with Crippen LogP contribution in [0.2, 0.25) is 0 Å². The summed E-state index contributed by atoms with van der Waals surface area (Å²) >= 11 is 3.37. The number of amides is 2. The monoisotopic (exact) mass is 338 g/mol. The fraction of sp³-hybridized carbons (Fsp3) is 0.467. The molecule has 5 heteroatoms. The lowest BCUT2D eigenvalue weighted by Gasteiger charge is -2.17. The van der Waals surface area contributed by atoms with Crippen LogP contribution in [-0.4, -0.2) is 24.9 Å². The smallest absolute Gasteiger partial charge is 0.227 e. The van der Waals surface area contributed by atoms with Crippen LogP contribution >= 0.6 is 15.9 Å². The van der Waals surface area contributed by atoms with Gasteiger partial charge >= 0.3 is 0 Å². The van der Waals surface area contributed by atoms with Crippen LogP contribution in [0.25, 0.3) is 0 Å². The maximum Gasteiger partial charge on any atom is 0.227 e. The highest BCUT2D eigenvalue weighted by molar-refractivity contribution is 9.10. The molecular weight excluding hydrogens is 320 g/mol. The van der Waals surface area contributed by atoms with E-state index in [-0.39, 0.29) is 17.7 Å². The number of rotatable bonds is 4. The van der Waals surface area contributed by atoms with Crippen LogP contribution < -0.4 is 10.2 Å². The first-order valence-corrected chi connectivity index (χ1v) is 7.60. The van der Waals surface area contributed by atoms with Crippen LogP contribution in [0.4, 0.5) is 5.69 Å². The summed E-state index contributed by atoms with van der Waals surface area (Å²) in [6.07, 6.45) is 0.292. The number of carbonyl (C=O) groups is 2. The number of nitrogens with zero attached hydrogens (tertiary/aromatic N) is 1. The van der Waals surface area contributed by atoms with Gasteiger partial charge in [-0.25, -0.2) is 0 Å². The number of hydrogen-bond acceptors (Lipinski definition) is 2. The summed E-state index contributed by atoms with van der Waals surface area (Å²) in [5, 5.41) is 2.90. The van der Waals surface area contributed by atoms with Crippen LogP contribution in [0, 0.1) is 11.8 Å². The van der Waals surface area contributed by atoms with Gasteiger partial charge in [0, 0.05) is 29.7 Å². The van der Waals surface area contributed by atoms with Gasteiger partial charge in [-0.3, -0.25) is 9.59 Å². The minimum Gasteiger partial charge on any atom is -0.356 e. The fourth-order valence-corrected chi connectivity index (χ4v) is 2.47. The van der Waals surface area contributed by atoms with Crippen LogP contribution in [0.3, 0.4) is 0 Å². The molecule has 0 spiro atoms. The van der Waals surface area contributed by atoms with Gasteiger partial charge in [0.1, 0.15) is 0 Å². The van der Waals surface area contributed by atoms with Crippen molar-refractivity contribution in [1.29, 1.82) is 0 Å². The fourth-order valence-electron chi connectivity index (χ4n) is 2.20. The van der Waals surface area contributed by atoms with E-state index in [1.807, 2.05) is 38.1 Å². The van der Waals surface area contributed by atoms with Crippen LogP contribution in [-0.2, 0) is 9.59 Å². The van der Waals surface area contributed by atoms with Crippen molar-refractivity contribution in [2.45, 2.75) is 20.3 Å². The molecule has 0 radical (unpaired) electrons. The molecule has 0 saturated carbocycles. The Bertz CT molecular complexity index is 499. The van der Waals surface area contributed by atoms with Gasteiger partial charge in [-0.1, -0.05) is 29.8 Å². The third-order valence-corrected chi connectivity index (χ3v) is 3.85. The Morgan fingerprint density at radius 3 is 2.65 bits per heavy atom. The normalized spacial score (nSPS) is 18.7. The van der Waals surface area contributed by atoms with Crippen molar-refractivity contribution in [3.63, 3.8) is 0 Å². The van der Waals surface area contributed by atoms with Gasteiger partial charge in [-0.05, 0) is 30.2 Å². The van der Waals surface area contributed by atoms with E-state index in [0.29, 0.717) is 25.4 Å². The first-order valence-electron chi connectivity index (χ1n) is 6.81. The maximum absolute atomic E-state index is 12.0. The minimum absolute atomic E-state index is 0.0111. The Hall–Kier alpha value is -1.36. The van der Waals surface area contributed by atoms with Crippen molar-refractivity contribution in [1.82, 2.24) is 5.32 Å². The highest BCUT2D eigenvalue weighted by Gasteiger charge is 2.34. The molecule has 2 amide bonds. The summed E-state index contributed by atoms with van der Waals surface area (Å²) in [5.41, 5.74) is 0.845. The van der Waals surface area contributed by atoms with E-state index in [1.165, 1.54) is 0 Å². The topological polar surface area (TPSA) is 49.4 Å². The number of benzene rings is 1. The lowest BCUT2D eigenvalue weighted by molar-refractivity contribution is -0.126. The first-order chi connectivity index (χ1) is 9.47. The van der Waals surface area contributed by atoms with Crippen LogP contribution in [0.15, 0.2) is 28.7 Å². The molecule has 4 nitrogen and oxygen atoms in total. The van der Waals surface area contributed by atoms with Gasteiger partial charge in [-0.2, -0.15) is 0 Å². The molecule has 0 unspecified atom stereocenters. The Morgan fingerprint density at radius 2 is 2.05 bits per heavy atom. The highest BCUT2D eigenvalue weighted by atomic mass is 79.9. The van der Waals surface area contributed by atoms with Gasteiger partial charge in [0.2, 0.25) is 11.8 Å². The van der Waals surface area contributed by atoms with Gasteiger partial charge in [-0.15, -0.1) is 0 Å². The molecule has 0 aliphatic carbocycles. The van der Waals surface area contributed by atoms with E-state index in [0.717, 1.165) is 10.2 Å². The molecule has 2 rings (SSSR count). The van der Waals surface area contributed by atoms with Crippen molar-refractivity contribution in [3.8, 4) is 0 Å². The van der Waals surface area contributed by atoms with Gasteiger partial charge < -0.3 is 10.2 Å². The second-order valence-electron chi connectivity index (χ2n) is 5.52. The molecule has 108 valence electrons. The third-order valence-electron chi connectivity index (χ3n) is 3.32. The molecule has 1 saturated heterocycles. The molecule has 0 bridgehead atoms. The Kier molecular flexibility index (Phi) is 4.81. The molecule has 0 aromatic heterocycles. The number of halogens is 1. The average molecular weight is 339 g/mol. The SMILES string of the molecule is CC(C)CNC(=O)[C@@H]1CC(=O)N(c2ccc(Br)cc2)C1. The summed E-state index contributed by atoms with van der Waals surface area (Å²) in [5.74, 6) is 0.159. The molecule has 1 heterocycles. The van der Waals surface area contributed by atoms with E-state index in [1.54, 1.807) is 4.90 Å². The number of carbonyl (C=O) groups excluding carboxylic acids is 2. The Labute approximate surface area is 127 Å². The van der Waals surface area contributed by atoms with Gasteiger partial charge in [0.25, 0.3) is 0 Å². The third kappa shape index (κ3) is 3.60. The van der Waals surface area contributed by atoms with E-state index in [2.05, 4.69) is 21.2 Å². The zero-order valence-corrected chi connectivity index (χ0v) is 13.3. The van der Waals surface area contributed by atoms with Crippen LogP contribution in [0.5, 0.6) is 0 Å². The number of hydrogen-bond donors (Lipinski definition) is 1. The summed E-state index contributed by atoms with van der Waals surface area (Å²) in [4.78, 5) is 25.8. The lowest BCUT2D eigenvalue weighted by Crippen LogP contribution is -2.34. The first kappa shape index (κ1) is 15.0. The van der Waals surface area contributed by atoms with E-state index < -0.39 is 0 Å². The molecule has 1 fully saturated rings. The average Bonchev–Trinajstić information content (AvgIpc) is 2.79. The Morgan fingerprint density at radius 1 is 1.40 bits per heavy atom. The van der Waals surface area contributed by atoms with E-state index >= 15 is 0 Å². The molecule has 1 aromatic rings. The lowest BCUT2D eigenvalue weighted by atomic mass is 10.1. The van der Waals surface area contributed by atoms with Gasteiger partial charge in [0.15, 0.2) is 0 Å². The zero-order valence-electron chi connectivity index (χ0n) is 11.7. The molecule has 20 heavy (non-hydrogen) atoms. The van der Waals surface area contributed by atoms with Crippen molar-refractivity contribution in [2.75, 3.05) is 18.0 Å². The second-order valence-corrected chi connectivity index (χ2v) is 6.44. The molecule has 1 aliphatic rings. The molecule has 1 N–H and O–H groups in total. The maximum atomic E-state index is 12.0. The molecular formula is C15H19BrN2O2. The molecule has 1 atom stereocenters. The molecule has 1 aliphatic heterocycles. The second kappa shape index (κ2) is 6.39. The standard InChI is InChI=1S/C15H19BrN2O2/c1-10(2)8-17-15(20)11-7-14(19)18(9-11)13-5-3-12(16)4-6-13/h3-6,10-11H,7-9H2,1-2H3,(H,17,20)/t11-/m1/s1. The predicted molar refractivity (Wildman–Crippen MR) is 82.4 cm³/mol. The summed E-state index contributed by atoms with van der Waals surface area (Å²) in [7, 11) is 0. The highest BCUT2D eigenvalue weighted by Crippen LogP contribution is 2.26. The van der Waals surface area contributed by atoms with E-state index in [9.17, 15) is 9.59 Å². The van der Waals surface area contributed by atoms with Crippen LogP contribution in [0.1, 0.15) is 20.3 Å². The summed E-state index contributed by atoms with van der Waals surface area (Å²) in [6, 6.07) is 7.57. The number of nitrogens with one attached hydrogen (secondary N) is 1. The predicted octanol–water partition coefficient (Wildman–Crippen LogP) is 2.57. The minimum atomic E-state index is -0.245. The number of anilines is 1. The quantitative estimate of drug-likeness (QED) is 0.917. The Balaban J connectivity index is 2.00. The van der Waals surface area contributed by atoms with E-state index in [4.69, 9.17) is 0 Å². The molecule has 1 aromatic carbocycles. The van der Waals surface area contributed by atoms with Crippen molar-refractivity contribution >= 4 is 33.4 Å². The largest absolute Gasteiger partial charge is 0.356 e. The summed E-state index contributed by atoms with van der Waals surface area (Å²) < 4.78 is 0.971. The van der Waals surface area contributed by atoms with Crippen molar-refractivity contribution < 1.29 is 9.59 Å². The van der Waals surface area contributed by atoms with Gasteiger partial charge in [0.05, 0.1) is 5.92 Å². The van der Waals surface area contributed by atoms with Crippen molar-refractivity contribution in [3.05, 3.63) is 28.7 Å². The summed E-state index contributed by atoms with van der Waals surface area (Å²) in [6.45, 7) is 5.22. The zero-order chi connectivity index (χ0) is 14.7. The van der Waals surface area contributed by atoms with Crippen molar-refractivity contribution in [2.24, 2.45) is 11.8 Å².